The maximum Gasteiger partial charge on any atom is 0.261 e. The maximum absolute atomic E-state index is 13.1. The highest BCUT2D eigenvalue weighted by Crippen LogP contribution is 2.26. The third-order valence-electron chi connectivity index (χ3n) is 4.62. The van der Waals surface area contributed by atoms with Crippen molar-refractivity contribution in [2.75, 3.05) is 20.3 Å². The van der Waals surface area contributed by atoms with Crippen LogP contribution < -0.4 is 5.56 Å². The standard InChI is InChI=1S/C21H31N3O3/c1-7-12-24-18(22-17-11-9-8-10-16(17)19(24)25)15(2)23(13-14-27-6)20(26)21(3,4)5/h8-11,15H,7,12-14H2,1-6H3. The van der Waals surface area contributed by atoms with Crippen LogP contribution >= 0.6 is 0 Å². The van der Waals surface area contributed by atoms with Gasteiger partial charge in [-0.1, -0.05) is 39.8 Å². The van der Waals surface area contributed by atoms with Gasteiger partial charge in [0.2, 0.25) is 5.91 Å². The van der Waals surface area contributed by atoms with Gasteiger partial charge in [-0.15, -0.1) is 0 Å². The van der Waals surface area contributed by atoms with Crippen LogP contribution in [0.1, 0.15) is 52.9 Å². The van der Waals surface area contributed by atoms with E-state index in [0.29, 0.717) is 36.4 Å². The lowest BCUT2D eigenvalue weighted by molar-refractivity contribution is -0.142. The van der Waals surface area contributed by atoms with Crippen molar-refractivity contribution in [3.8, 4) is 0 Å². The van der Waals surface area contributed by atoms with E-state index in [4.69, 9.17) is 9.72 Å². The Balaban J connectivity index is 2.61. The smallest absolute Gasteiger partial charge is 0.261 e. The second-order valence-corrected chi connectivity index (χ2v) is 7.86. The molecule has 0 aliphatic carbocycles. The molecule has 1 unspecified atom stereocenters. The van der Waals surface area contributed by atoms with E-state index in [1.54, 1.807) is 22.6 Å². The van der Waals surface area contributed by atoms with E-state index in [2.05, 4.69) is 0 Å². The van der Waals surface area contributed by atoms with Crippen molar-refractivity contribution in [1.82, 2.24) is 14.5 Å². The number of amides is 1. The number of carbonyl (C=O) groups is 1. The predicted octanol–water partition coefficient (Wildman–Crippen LogP) is 3.39. The number of rotatable bonds is 7. The van der Waals surface area contributed by atoms with Crippen molar-refractivity contribution < 1.29 is 9.53 Å². The molecule has 1 atom stereocenters. The lowest BCUT2D eigenvalue weighted by Gasteiger charge is -2.34. The van der Waals surface area contributed by atoms with Crippen molar-refractivity contribution in [3.05, 3.63) is 40.4 Å². The van der Waals surface area contributed by atoms with Crippen LogP contribution in [0.3, 0.4) is 0 Å². The number of benzene rings is 1. The van der Waals surface area contributed by atoms with Gasteiger partial charge in [-0.3, -0.25) is 14.2 Å². The molecule has 27 heavy (non-hydrogen) atoms. The number of methoxy groups -OCH3 is 1. The Morgan fingerprint density at radius 2 is 1.96 bits per heavy atom. The summed E-state index contributed by atoms with van der Waals surface area (Å²) >= 11 is 0. The van der Waals surface area contributed by atoms with E-state index >= 15 is 0 Å². The molecule has 2 rings (SSSR count). The van der Waals surface area contributed by atoms with Gasteiger partial charge in [-0.25, -0.2) is 4.98 Å². The van der Waals surface area contributed by atoms with Crippen LogP contribution in [-0.2, 0) is 16.1 Å². The quantitative estimate of drug-likeness (QED) is 0.746. The summed E-state index contributed by atoms with van der Waals surface area (Å²) in [5.74, 6) is 0.631. The Bertz CT molecular complexity index is 852. The van der Waals surface area contributed by atoms with Crippen LogP contribution in [0.4, 0.5) is 0 Å². The minimum absolute atomic E-state index is 0.0116. The molecular formula is C21H31N3O3. The third-order valence-corrected chi connectivity index (χ3v) is 4.62. The summed E-state index contributed by atoms with van der Waals surface area (Å²) in [4.78, 5) is 32.6. The van der Waals surface area contributed by atoms with Gasteiger partial charge >= 0.3 is 0 Å². The first-order valence-corrected chi connectivity index (χ1v) is 9.51. The fraction of sp³-hybridized carbons (Fsp3) is 0.571. The monoisotopic (exact) mass is 373 g/mol. The topological polar surface area (TPSA) is 64.4 Å². The first kappa shape index (κ1) is 21.1. The van der Waals surface area contributed by atoms with Gasteiger partial charge in [0.05, 0.1) is 23.6 Å². The molecule has 6 nitrogen and oxygen atoms in total. The molecule has 1 aromatic carbocycles. The molecule has 0 fully saturated rings. The minimum atomic E-state index is -0.533. The lowest BCUT2D eigenvalue weighted by atomic mass is 9.94. The van der Waals surface area contributed by atoms with Gasteiger partial charge in [-0.05, 0) is 25.5 Å². The molecule has 1 heterocycles. The van der Waals surface area contributed by atoms with E-state index in [9.17, 15) is 9.59 Å². The Hall–Kier alpha value is -2.21. The van der Waals surface area contributed by atoms with Crippen molar-refractivity contribution in [2.45, 2.75) is 53.6 Å². The van der Waals surface area contributed by atoms with Gasteiger partial charge < -0.3 is 9.64 Å². The number of nitrogens with zero attached hydrogens (tertiary/aromatic N) is 3. The number of ether oxygens (including phenoxy) is 1. The normalized spacial score (nSPS) is 13.0. The molecule has 0 spiro atoms. The highest BCUT2D eigenvalue weighted by atomic mass is 16.5. The van der Waals surface area contributed by atoms with Gasteiger partial charge in [0.1, 0.15) is 5.82 Å². The number of para-hydroxylation sites is 1. The average molecular weight is 373 g/mol. The van der Waals surface area contributed by atoms with Crippen molar-refractivity contribution in [1.29, 1.82) is 0 Å². The molecule has 1 aromatic heterocycles. The lowest BCUT2D eigenvalue weighted by Crippen LogP contribution is -2.44. The highest BCUT2D eigenvalue weighted by Gasteiger charge is 2.32. The van der Waals surface area contributed by atoms with E-state index in [-0.39, 0.29) is 17.5 Å². The fourth-order valence-corrected chi connectivity index (χ4v) is 3.17. The van der Waals surface area contributed by atoms with E-state index in [0.717, 1.165) is 6.42 Å². The molecule has 6 heteroatoms. The second kappa shape index (κ2) is 8.65. The maximum atomic E-state index is 13.1. The van der Waals surface area contributed by atoms with Crippen LogP contribution in [0.15, 0.2) is 29.1 Å². The summed E-state index contributed by atoms with van der Waals surface area (Å²) in [6, 6.07) is 7.02. The summed E-state index contributed by atoms with van der Waals surface area (Å²) in [5.41, 5.74) is 0.0696. The summed E-state index contributed by atoms with van der Waals surface area (Å²) in [5, 5.41) is 0.604. The largest absolute Gasteiger partial charge is 0.383 e. The molecule has 0 aliphatic rings. The van der Waals surface area contributed by atoms with Crippen LogP contribution in [-0.4, -0.2) is 40.6 Å². The van der Waals surface area contributed by atoms with E-state index in [1.807, 2.05) is 52.8 Å². The van der Waals surface area contributed by atoms with Gasteiger partial charge in [-0.2, -0.15) is 0 Å². The Kier molecular flexibility index (Phi) is 6.76. The van der Waals surface area contributed by atoms with Crippen molar-refractivity contribution in [3.63, 3.8) is 0 Å². The first-order valence-electron chi connectivity index (χ1n) is 9.51. The molecule has 2 aromatic rings. The zero-order valence-corrected chi connectivity index (χ0v) is 17.3. The second-order valence-electron chi connectivity index (χ2n) is 7.86. The Labute approximate surface area is 161 Å². The predicted molar refractivity (Wildman–Crippen MR) is 108 cm³/mol. The van der Waals surface area contributed by atoms with Crippen LogP contribution in [0.5, 0.6) is 0 Å². The van der Waals surface area contributed by atoms with Gasteiger partial charge in [0.15, 0.2) is 0 Å². The summed E-state index contributed by atoms with van der Waals surface area (Å²) < 4.78 is 6.92. The molecular weight excluding hydrogens is 342 g/mol. The van der Waals surface area contributed by atoms with Crippen LogP contribution in [0, 0.1) is 5.41 Å². The molecule has 0 N–H and O–H groups in total. The number of hydrogen-bond acceptors (Lipinski definition) is 4. The van der Waals surface area contributed by atoms with Gasteiger partial charge in [0.25, 0.3) is 5.56 Å². The first-order chi connectivity index (χ1) is 12.7. The summed E-state index contributed by atoms with van der Waals surface area (Å²) in [7, 11) is 1.62. The zero-order valence-electron chi connectivity index (χ0n) is 17.3. The SMILES string of the molecule is CCCn1c(C(C)N(CCOC)C(=O)C(C)(C)C)nc2ccccc2c1=O. The molecule has 1 amide bonds. The minimum Gasteiger partial charge on any atom is -0.383 e. The zero-order chi connectivity index (χ0) is 20.2. The molecule has 0 aliphatic heterocycles. The van der Waals surface area contributed by atoms with E-state index in [1.165, 1.54) is 0 Å². The highest BCUT2D eigenvalue weighted by molar-refractivity contribution is 5.82. The fourth-order valence-electron chi connectivity index (χ4n) is 3.17. The Morgan fingerprint density at radius 1 is 1.30 bits per heavy atom. The molecule has 0 radical (unpaired) electrons. The van der Waals surface area contributed by atoms with E-state index < -0.39 is 5.41 Å². The number of fused-ring (bicyclic) bond motifs is 1. The van der Waals surface area contributed by atoms with Crippen LogP contribution in [0.2, 0.25) is 0 Å². The Morgan fingerprint density at radius 3 is 2.56 bits per heavy atom. The number of hydrogen-bond donors (Lipinski definition) is 0. The average Bonchev–Trinajstić information content (AvgIpc) is 2.63. The number of aromatic nitrogens is 2. The van der Waals surface area contributed by atoms with Crippen molar-refractivity contribution in [2.24, 2.45) is 5.41 Å². The molecule has 0 bridgehead atoms. The van der Waals surface area contributed by atoms with Gasteiger partial charge in [0, 0.05) is 25.6 Å². The molecule has 0 saturated carbocycles. The molecule has 148 valence electrons. The summed E-state index contributed by atoms with van der Waals surface area (Å²) in [6.45, 7) is 11.1. The third kappa shape index (κ3) is 4.56. The number of carbonyl (C=O) groups excluding carboxylic acids is 1. The van der Waals surface area contributed by atoms with Crippen molar-refractivity contribution >= 4 is 16.8 Å². The summed E-state index contributed by atoms with van der Waals surface area (Å²) in [6.07, 6.45) is 0.810. The molecule has 0 saturated heterocycles. The van der Waals surface area contributed by atoms with Crippen LogP contribution in [0.25, 0.3) is 10.9 Å².